The number of nitrogens with two attached hydrogens (primary N) is 1. The first-order valence-corrected chi connectivity index (χ1v) is 7.16. The predicted molar refractivity (Wildman–Crippen MR) is 85.2 cm³/mol. The highest BCUT2D eigenvalue weighted by Crippen LogP contribution is 2.34. The van der Waals surface area contributed by atoms with E-state index >= 15 is 0 Å². The van der Waals surface area contributed by atoms with Gasteiger partial charge < -0.3 is 10.8 Å². The first-order chi connectivity index (χ1) is 10.3. The van der Waals surface area contributed by atoms with Gasteiger partial charge in [-0.15, -0.1) is 0 Å². The molecule has 0 aliphatic rings. The van der Waals surface area contributed by atoms with Crippen LogP contribution in [0.4, 0.5) is 4.39 Å². The van der Waals surface area contributed by atoms with Gasteiger partial charge in [0.15, 0.2) is 0 Å². The van der Waals surface area contributed by atoms with Gasteiger partial charge in [-0.05, 0) is 54.7 Å². The topological polar surface area (TPSA) is 63.3 Å². The molecule has 2 aromatic carbocycles. The van der Waals surface area contributed by atoms with Gasteiger partial charge in [0.05, 0.1) is 6.42 Å². The Morgan fingerprint density at radius 1 is 1.18 bits per heavy atom. The van der Waals surface area contributed by atoms with Crippen LogP contribution in [0.15, 0.2) is 30.3 Å². The van der Waals surface area contributed by atoms with E-state index in [2.05, 4.69) is 0 Å². The fraction of sp³-hybridized carbons (Fsp3) is 0.278. The molecule has 0 saturated carbocycles. The Morgan fingerprint density at radius 2 is 1.82 bits per heavy atom. The Balaban J connectivity index is 2.66. The fourth-order valence-electron chi connectivity index (χ4n) is 2.80. The summed E-state index contributed by atoms with van der Waals surface area (Å²) in [6, 6.07) is 8.77. The molecule has 2 rings (SSSR count). The molecular weight excluding hydrogens is 281 g/mol. The number of benzene rings is 2. The third kappa shape index (κ3) is 3.02. The number of aryl methyl sites for hydroxylation is 2. The van der Waals surface area contributed by atoms with Crippen LogP contribution < -0.4 is 5.73 Å². The summed E-state index contributed by atoms with van der Waals surface area (Å²) in [7, 11) is 0. The molecule has 3 nitrogen and oxygen atoms in total. The third-order valence-corrected chi connectivity index (χ3v) is 3.95. The lowest BCUT2D eigenvalue weighted by atomic mass is 9.88. The smallest absolute Gasteiger partial charge is 0.305 e. The second kappa shape index (κ2) is 6.28. The van der Waals surface area contributed by atoms with Gasteiger partial charge in [0.1, 0.15) is 5.82 Å². The number of halogens is 1. The maximum atomic E-state index is 14.5. The summed E-state index contributed by atoms with van der Waals surface area (Å²) >= 11 is 0. The van der Waals surface area contributed by atoms with Gasteiger partial charge in [-0.25, -0.2) is 4.39 Å². The van der Waals surface area contributed by atoms with Gasteiger partial charge in [0.2, 0.25) is 0 Å². The zero-order valence-corrected chi connectivity index (χ0v) is 13.0. The van der Waals surface area contributed by atoms with E-state index in [1.165, 1.54) is 0 Å². The van der Waals surface area contributed by atoms with E-state index in [9.17, 15) is 9.18 Å². The minimum atomic E-state index is -1.04. The number of hydrogen-bond acceptors (Lipinski definition) is 2. The summed E-state index contributed by atoms with van der Waals surface area (Å²) in [4.78, 5) is 10.9. The zero-order chi connectivity index (χ0) is 16.4. The van der Waals surface area contributed by atoms with E-state index in [0.717, 1.165) is 16.7 Å². The molecule has 116 valence electrons. The van der Waals surface area contributed by atoms with Crippen molar-refractivity contribution in [3.8, 4) is 11.1 Å². The van der Waals surface area contributed by atoms with Gasteiger partial charge in [0.25, 0.3) is 0 Å². The van der Waals surface area contributed by atoms with Gasteiger partial charge in [0, 0.05) is 11.6 Å². The molecule has 0 aliphatic carbocycles. The number of carboxylic acid groups (broad SMARTS) is 1. The molecule has 0 aliphatic heterocycles. The van der Waals surface area contributed by atoms with Crippen LogP contribution in [0.1, 0.15) is 34.7 Å². The van der Waals surface area contributed by atoms with Crippen LogP contribution in [-0.4, -0.2) is 11.1 Å². The molecule has 0 radical (unpaired) electrons. The van der Waals surface area contributed by atoms with Crippen molar-refractivity contribution in [1.82, 2.24) is 0 Å². The van der Waals surface area contributed by atoms with Crippen LogP contribution in [0, 0.1) is 26.6 Å². The zero-order valence-electron chi connectivity index (χ0n) is 13.0. The number of carbonyl (C=O) groups is 1. The summed E-state index contributed by atoms with van der Waals surface area (Å²) in [6.07, 6.45) is -0.297. The van der Waals surface area contributed by atoms with Crippen LogP contribution in [0.5, 0.6) is 0 Å². The van der Waals surface area contributed by atoms with Crippen LogP contribution in [0.25, 0.3) is 11.1 Å². The van der Waals surface area contributed by atoms with Crippen molar-refractivity contribution in [3.05, 3.63) is 58.4 Å². The SMILES string of the molecule is Cc1ccccc1-c1cc(C)c(F)c([C@@H](N)CC(=O)O)c1C. The quantitative estimate of drug-likeness (QED) is 0.900. The summed E-state index contributed by atoms with van der Waals surface area (Å²) in [5.74, 6) is -1.45. The van der Waals surface area contributed by atoms with Crippen LogP contribution in [0.2, 0.25) is 0 Å². The highest BCUT2D eigenvalue weighted by molar-refractivity contribution is 5.74. The second-order valence-electron chi connectivity index (χ2n) is 5.61. The third-order valence-electron chi connectivity index (χ3n) is 3.95. The molecular formula is C18H20FNO2. The first-order valence-electron chi connectivity index (χ1n) is 7.16. The molecule has 1 atom stereocenters. The van der Waals surface area contributed by atoms with Gasteiger partial charge >= 0.3 is 5.97 Å². The maximum absolute atomic E-state index is 14.5. The van der Waals surface area contributed by atoms with Crippen molar-refractivity contribution in [1.29, 1.82) is 0 Å². The molecule has 22 heavy (non-hydrogen) atoms. The van der Waals surface area contributed by atoms with E-state index < -0.39 is 17.8 Å². The van der Waals surface area contributed by atoms with Crippen LogP contribution in [0.3, 0.4) is 0 Å². The molecule has 0 amide bonds. The largest absolute Gasteiger partial charge is 0.481 e. The van der Waals surface area contributed by atoms with E-state index in [1.54, 1.807) is 19.9 Å². The molecule has 0 saturated heterocycles. The average Bonchev–Trinajstić information content (AvgIpc) is 2.43. The first kappa shape index (κ1) is 16.2. The molecule has 3 N–H and O–H groups in total. The molecule has 0 spiro atoms. The molecule has 4 heteroatoms. The van der Waals surface area contributed by atoms with Crippen LogP contribution >= 0.6 is 0 Å². The Morgan fingerprint density at radius 3 is 2.41 bits per heavy atom. The van der Waals surface area contributed by atoms with E-state index in [0.29, 0.717) is 16.7 Å². The maximum Gasteiger partial charge on any atom is 0.305 e. The molecule has 0 bridgehead atoms. The molecule has 0 aromatic heterocycles. The normalized spacial score (nSPS) is 12.2. The fourth-order valence-corrected chi connectivity index (χ4v) is 2.80. The van der Waals surface area contributed by atoms with Crippen molar-refractivity contribution in [2.75, 3.05) is 0 Å². The lowest BCUT2D eigenvalue weighted by Crippen LogP contribution is -2.18. The Labute approximate surface area is 129 Å². The highest BCUT2D eigenvalue weighted by Gasteiger charge is 2.22. The monoisotopic (exact) mass is 301 g/mol. The van der Waals surface area contributed by atoms with Crippen molar-refractivity contribution < 1.29 is 14.3 Å². The lowest BCUT2D eigenvalue weighted by molar-refractivity contribution is -0.137. The summed E-state index contributed by atoms with van der Waals surface area (Å²) in [5, 5.41) is 8.92. The predicted octanol–water partition coefficient (Wildman–Crippen LogP) is 3.89. The molecule has 2 aromatic rings. The van der Waals surface area contributed by atoms with Crippen LogP contribution in [-0.2, 0) is 4.79 Å². The number of aliphatic carboxylic acids is 1. The minimum absolute atomic E-state index is 0.292. The summed E-state index contributed by atoms with van der Waals surface area (Å²) in [5.41, 5.74) is 10.4. The Kier molecular flexibility index (Phi) is 4.62. The number of carboxylic acids is 1. The minimum Gasteiger partial charge on any atom is -0.481 e. The van der Waals surface area contributed by atoms with Gasteiger partial charge in [-0.2, -0.15) is 0 Å². The average molecular weight is 301 g/mol. The standard InChI is InChI=1S/C18H20FNO2/c1-10-6-4-5-7-13(10)14-8-11(2)18(19)17(12(14)3)15(20)9-16(21)22/h4-8,15H,9,20H2,1-3H3,(H,21,22)/t15-/m0/s1. The van der Waals surface area contributed by atoms with E-state index in [-0.39, 0.29) is 6.42 Å². The Bertz CT molecular complexity index is 725. The Hall–Kier alpha value is -2.20. The molecule has 0 fully saturated rings. The van der Waals surface area contributed by atoms with Crippen molar-refractivity contribution in [3.63, 3.8) is 0 Å². The lowest BCUT2D eigenvalue weighted by Gasteiger charge is -2.20. The number of rotatable bonds is 4. The van der Waals surface area contributed by atoms with E-state index in [1.807, 2.05) is 31.2 Å². The van der Waals surface area contributed by atoms with Crippen molar-refractivity contribution >= 4 is 5.97 Å². The summed E-state index contributed by atoms with van der Waals surface area (Å²) < 4.78 is 14.5. The van der Waals surface area contributed by atoms with Crippen molar-refractivity contribution in [2.45, 2.75) is 33.2 Å². The van der Waals surface area contributed by atoms with E-state index in [4.69, 9.17) is 10.8 Å². The summed E-state index contributed by atoms with van der Waals surface area (Å²) in [6.45, 7) is 5.46. The van der Waals surface area contributed by atoms with Gasteiger partial charge in [-0.1, -0.05) is 24.3 Å². The van der Waals surface area contributed by atoms with Crippen molar-refractivity contribution in [2.24, 2.45) is 5.73 Å². The molecule has 0 heterocycles. The molecule has 0 unspecified atom stereocenters. The van der Waals surface area contributed by atoms with Gasteiger partial charge in [-0.3, -0.25) is 4.79 Å². The highest BCUT2D eigenvalue weighted by atomic mass is 19.1. The second-order valence-corrected chi connectivity index (χ2v) is 5.61. The number of hydrogen-bond donors (Lipinski definition) is 2.